The summed E-state index contributed by atoms with van der Waals surface area (Å²) in [5.41, 5.74) is 1.75. The summed E-state index contributed by atoms with van der Waals surface area (Å²) in [7, 11) is 0. The molecule has 1 saturated heterocycles. The van der Waals surface area contributed by atoms with Crippen LogP contribution in [0.5, 0.6) is 0 Å². The second-order valence-corrected chi connectivity index (χ2v) is 6.27. The summed E-state index contributed by atoms with van der Waals surface area (Å²) in [6.07, 6.45) is 6.76. The summed E-state index contributed by atoms with van der Waals surface area (Å²) in [6.45, 7) is 2.73. The standard InChI is InChI=1S/C20H22FN3O/c21-17-5-3-4-16(14-17)7-8-20(25)23-18-9-12-24(13-10-18)15-19-6-1-2-11-22-19/h1-8,11,14,18H,9-10,12-13,15H2,(H,23,25). The van der Waals surface area contributed by atoms with Crippen LogP contribution in [0, 0.1) is 5.82 Å². The van der Waals surface area contributed by atoms with Crippen LogP contribution in [-0.2, 0) is 11.3 Å². The maximum absolute atomic E-state index is 13.1. The minimum Gasteiger partial charge on any atom is -0.350 e. The highest BCUT2D eigenvalue weighted by Gasteiger charge is 2.20. The summed E-state index contributed by atoms with van der Waals surface area (Å²) < 4.78 is 13.1. The zero-order chi connectivity index (χ0) is 17.5. The van der Waals surface area contributed by atoms with Crippen molar-refractivity contribution in [3.8, 4) is 0 Å². The lowest BCUT2D eigenvalue weighted by molar-refractivity contribution is -0.117. The number of nitrogens with zero attached hydrogens (tertiary/aromatic N) is 2. The van der Waals surface area contributed by atoms with Crippen LogP contribution in [0.25, 0.3) is 6.08 Å². The van der Waals surface area contributed by atoms with Crippen molar-refractivity contribution in [1.82, 2.24) is 15.2 Å². The fourth-order valence-corrected chi connectivity index (χ4v) is 2.99. The van der Waals surface area contributed by atoms with Gasteiger partial charge in [0.15, 0.2) is 0 Å². The number of rotatable bonds is 5. The molecule has 0 atom stereocenters. The van der Waals surface area contributed by atoms with Gasteiger partial charge in [-0.3, -0.25) is 14.7 Å². The van der Waals surface area contributed by atoms with Gasteiger partial charge in [-0.1, -0.05) is 18.2 Å². The number of nitrogens with one attached hydrogen (secondary N) is 1. The molecule has 2 heterocycles. The first-order chi connectivity index (χ1) is 12.2. The molecule has 5 heteroatoms. The van der Waals surface area contributed by atoms with Crippen LogP contribution in [0.4, 0.5) is 4.39 Å². The zero-order valence-corrected chi connectivity index (χ0v) is 14.1. The molecule has 25 heavy (non-hydrogen) atoms. The van der Waals surface area contributed by atoms with Crippen molar-refractivity contribution >= 4 is 12.0 Å². The second kappa shape index (κ2) is 8.53. The fraction of sp³-hybridized carbons (Fsp3) is 0.300. The number of benzene rings is 1. The first-order valence-corrected chi connectivity index (χ1v) is 8.55. The molecule has 1 aliphatic rings. The van der Waals surface area contributed by atoms with Crippen LogP contribution < -0.4 is 5.32 Å². The number of carbonyl (C=O) groups excluding carboxylic acids is 1. The summed E-state index contributed by atoms with van der Waals surface area (Å²) in [5, 5.41) is 3.03. The second-order valence-electron chi connectivity index (χ2n) is 6.27. The van der Waals surface area contributed by atoms with E-state index in [2.05, 4.69) is 15.2 Å². The van der Waals surface area contributed by atoms with Gasteiger partial charge in [0.2, 0.25) is 5.91 Å². The van der Waals surface area contributed by atoms with Gasteiger partial charge in [0.1, 0.15) is 5.82 Å². The predicted molar refractivity (Wildman–Crippen MR) is 96.1 cm³/mol. The Kier molecular flexibility index (Phi) is 5.90. The molecule has 3 rings (SSSR count). The van der Waals surface area contributed by atoms with Gasteiger partial charge in [-0.15, -0.1) is 0 Å². The van der Waals surface area contributed by atoms with E-state index in [1.807, 2.05) is 24.4 Å². The largest absolute Gasteiger partial charge is 0.350 e. The summed E-state index contributed by atoms with van der Waals surface area (Å²) in [5.74, 6) is -0.435. The number of amides is 1. The Balaban J connectivity index is 1.43. The number of likely N-dealkylation sites (tertiary alicyclic amines) is 1. The number of pyridine rings is 1. The van der Waals surface area contributed by atoms with E-state index in [0.29, 0.717) is 5.56 Å². The fourth-order valence-electron chi connectivity index (χ4n) is 2.99. The van der Waals surface area contributed by atoms with Gasteiger partial charge in [0, 0.05) is 37.9 Å². The number of hydrogen-bond acceptors (Lipinski definition) is 3. The number of carbonyl (C=O) groups is 1. The van der Waals surface area contributed by atoms with Crippen molar-refractivity contribution in [3.63, 3.8) is 0 Å². The first kappa shape index (κ1) is 17.3. The molecule has 0 saturated carbocycles. The van der Waals surface area contributed by atoms with Crippen molar-refractivity contribution in [3.05, 3.63) is 71.8 Å². The van der Waals surface area contributed by atoms with E-state index in [-0.39, 0.29) is 17.8 Å². The minimum absolute atomic E-state index is 0.132. The molecule has 1 aromatic heterocycles. The molecule has 2 aromatic rings. The Bertz CT molecular complexity index is 725. The minimum atomic E-state index is -0.303. The average Bonchev–Trinajstić information content (AvgIpc) is 2.63. The molecule has 130 valence electrons. The number of halogens is 1. The number of aromatic nitrogens is 1. The van der Waals surface area contributed by atoms with Crippen LogP contribution in [0.15, 0.2) is 54.7 Å². The summed E-state index contributed by atoms with van der Waals surface area (Å²) >= 11 is 0. The highest BCUT2D eigenvalue weighted by atomic mass is 19.1. The Morgan fingerprint density at radius 2 is 2.08 bits per heavy atom. The smallest absolute Gasteiger partial charge is 0.244 e. The molecule has 1 N–H and O–H groups in total. The SMILES string of the molecule is O=C(C=Cc1cccc(F)c1)NC1CCN(Cc2ccccn2)CC1. The van der Waals surface area contributed by atoms with Gasteiger partial charge in [0.25, 0.3) is 0 Å². The van der Waals surface area contributed by atoms with E-state index in [1.54, 1.807) is 18.2 Å². The van der Waals surface area contributed by atoms with Gasteiger partial charge in [-0.2, -0.15) is 0 Å². The Morgan fingerprint density at radius 1 is 1.24 bits per heavy atom. The summed E-state index contributed by atoms with van der Waals surface area (Å²) in [6, 6.07) is 12.3. The van der Waals surface area contributed by atoms with Crippen LogP contribution >= 0.6 is 0 Å². The van der Waals surface area contributed by atoms with Crippen LogP contribution in [0.2, 0.25) is 0 Å². The lowest BCUT2D eigenvalue weighted by atomic mass is 10.0. The number of piperidine rings is 1. The third kappa shape index (κ3) is 5.50. The monoisotopic (exact) mass is 339 g/mol. The third-order valence-corrected chi connectivity index (χ3v) is 4.32. The molecule has 4 nitrogen and oxygen atoms in total. The molecule has 1 aromatic carbocycles. The van der Waals surface area contributed by atoms with Crippen molar-refractivity contribution < 1.29 is 9.18 Å². The van der Waals surface area contributed by atoms with Crippen molar-refractivity contribution in [1.29, 1.82) is 0 Å². The number of hydrogen-bond donors (Lipinski definition) is 1. The van der Waals surface area contributed by atoms with Crippen LogP contribution in [0.1, 0.15) is 24.1 Å². The van der Waals surface area contributed by atoms with Crippen LogP contribution in [-0.4, -0.2) is 34.9 Å². The normalized spacial score (nSPS) is 16.2. The van der Waals surface area contributed by atoms with E-state index in [1.165, 1.54) is 18.2 Å². The highest BCUT2D eigenvalue weighted by Crippen LogP contribution is 2.13. The Morgan fingerprint density at radius 3 is 2.80 bits per heavy atom. The van der Waals surface area contributed by atoms with Gasteiger partial charge in [-0.25, -0.2) is 4.39 Å². The molecular weight excluding hydrogens is 317 g/mol. The van der Waals surface area contributed by atoms with Gasteiger partial charge in [0.05, 0.1) is 5.69 Å². The van der Waals surface area contributed by atoms with E-state index in [4.69, 9.17) is 0 Å². The van der Waals surface area contributed by atoms with E-state index in [9.17, 15) is 9.18 Å². The topological polar surface area (TPSA) is 45.2 Å². The average molecular weight is 339 g/mol. The van der Waals surface area contributed by atoms with E-state index >= 15 is 0 Å². The summed E-state index contributed by atoms with van der Waals surface area (Å²) in [4.78, 5) is 18.7. The molecule has 1 amide bonds. The maximum Gasteiger partial charge on any atom is 0.244 e. The lowest BCUT2D eigenvalue weighted by Gasteiger charge is -2.31. The maximum atomic E-state index is 13.1. The molecule has 0 bridgehead atoms. The van der Waals surface area contributed by atoms with Crippen LogP contribution in [0.3, 0.4) is 0 Å². The zero-order valence-electron chi connectivity index (χ0n) is 14.1. The molecule has 0 unspecified atom stereocenters. The lowest BCUT2D eigenvalue weighted by Crippen LogP contribution is -2.43. The Labute approximate surface area is 147 Å². The molecular formula is C20H22FN3O. The Hall–Kier alpha value is -2.53. The quantitative estimate of drug-likeness (QED) is 0.852. The van der Waals surface area contributed by atoms with Crippen molar-refractivity contribution in [2.75, 3.05) is 13.1 Å². The predicted octanol–water partition coefficient (Wildman–Crippen LogP) is 3.01. The van der Waals surface area contributed by atoms with Crippen molar-refractivity contribution in [2.24, 2.45) is 0 Å². The van der Waals surface area contributed by atoms with E-state index < -0.39 is 0 Å². The first-order valence-electron chi connectivity index (χ1n) is 8.55. The van der Waals surface area contributed by atoms with Gasteiger partial charge >= 0.3 is 0 Å². The van der Waals surface area contributed by atoms with Crippen molar-refractivity contribution in [2.45, 2.75) is 25.4 Å². The van der Waals surface area contributed by atoms with Gasteiger partial charge < -0.3 is 5.32 Å². The molecule has 0 spiro atoms. The third-order valence-electron chi connectivity index (χ3n) is 4.32. The molecule has 0 radical (unpaired) electrons. The highest BCUT2D eigenvalue weighted by molar-refractivity contribution is 5.91. The molecule has 1 fully saturated rings. The van der Waals surface area contributed by atoms with E-state index in [0.717, 1.165) is 38.2 Å². The molecule has 1 aliphatic heterocycles. The van der Waals surface area contributed by atoms with Gasteiger partial charge in [-0.05, 0) is 48.7 Å². The molecule has 0 aliphatic carbocycles.